The van der Waals surface area contributed by atoms with Crippen LogP contribution in [0, 0.1) is 0 Å². The number of hydrogen-bond donors (Lipinski definition) is 1. The molecule has 0 aromatic carbocycles. The van der Waals surface area contributed by atoms with Crippen molar-refractivity contribution in [3.63, 3.8) is 0 Å². The quantitative estimate of drug-likeness (QED) is 0.733. The molecule has 1 heterocycles. The van der Waals surface area contributed by atoms with Gasteiger partial charge in [-0.05, 0) is 58.7 Å². The summed E-state index contributed by atoms with van der Waals surface area (Å²) in [6.07, 6.45) is 3.75. The third kappa shape index (κ3) is 3.02. The zero-order valence-electron chi connectivity index (χ0n) is 9.17. The van der Waals surface area contributed by atoms with E-state index >= 15 is 0 Å². The molecule has 1 rings (SSSR count). The fraction of sp³-hybridized carbons (Fsp3) is 0.364. The van der Waals surface area contributed by atoms with Crippen LogP contribution in [0.5, 0.6) is 0 Å². The Bertz CT molecular complexity index is 420. The molecule has 88 valence electrons. The third-order valence-electron chi connectivity index (χ3n) is 2.28. The molecule has 0 saturated carbocycles. The molecular weight excluding hydrogens is 356 g/mol. The smallest absolute Gasteiger partial charge is 0.219 e. The molecule has 0 bridgehead atoms. The summed E-state index contributed by atoms with van der Waals surface area (Å²) in [4.78, 5) is 11.5. The molecule has 5 heteroatoms. The van der Waals surface area contributed by atoms with E-state index in [1.807, 2.05) is 26.0 Å². The highest BCUT2D eigenvalue weighted by Gasteiger charge is 2.40. The number of thioether (sulfide) groups is 1. The van der Waals surface area contributed by atoms with E-state index in [4.69, 9.17) is 0 Å². The van der Waals surface area contributed by atoms with E-state index < -0.39 is 4.75 Å². The van der Waals surface area contributed by atoms with Crippen molar-refractivity contribution in [1.29, 1.82) is 0 Å². The van der Waals surface area contributed by atoms with E-state index in [0.29, 0.717) is 5.57 Å². The molecule has 1 N–H and O–H groups in total. The van der Waals surface area contributed by atoms with Crippen molar-refractivity contribution in [1.82, 2.24) is 0 Å². The van der Waals surface area contributed by atoms with Gasteiger partial charge >= 0.3 is 0 Å². The van der Waals surface area contributed by atoms with Crippen LogP contribution in [0.2, 0.25) is 0 Å². The standard InChI is InChI=1S/C11H12Br2O2S/c1-6(4-8(12)13)5-11(3)9(14)7(2)10(15)16-11/h4-5,14H,1-3H3/b6-5+/t11-/m1/s1. The molecule has 16 heavy (non-hydrogen) atoms. The maximum Gasteiger partial charge on any atom is 0.219 e. The molecule has 0 unspecified atom stereocenters. The van der Waals surface area contributed by atoms with Gasteiger partial charge in [-0.3, -0.25) is 4.79 Å². The van der Waals surface area contributed by atoms with Gasteiger partial charge in [-0.1, -0.05) is 23.4 Å². The second-order valence-electron chi connectivity index (χ2n) is 3.79. The summed E-state index contributed by atoms with van der Waals surface area (Å²) in [5.41, 5.74) is 1.41. The van der Waals surface area contributed by atoms with Crippen LogP contribution in [0.25, 0.3) is 0 Å². The lowest BCUT2D eigenvalue weighted by atomic mass is 10.0. The van der Waals surface area contributed by atoms with Crippen LogP contribution in [0.4, 0.5) is 0 Å². The van der Waals surface area contributed by atoms with Gasteiger partial charge in [-0.25, -0.2) is 0 Å². The van der Waals surface area contributed by atoms with Crippen LogP contribution in [0.15, 0.2) is 32.4 Å². The second kappa shape index (κ2) is 5.10. The predicted octanol–water partition coefficient (Wildman–Crippen LogP) is 4.43. The monoisotopic (exact) mass is 366 g/mol. The van der Waals surface area contributed by atoms with E-state index in [1.165, 1.54) is 0 Å². The normalized spacial score (nSPS) is 26.3. The Morgan fingerprint density at radius 2 is 2.06 bits per heavy atom. The number of allylic oxidation sites excluding steroid dienone is 2. The van der Waals surface area contributed by atoms with Crippen molar-refractivity contribution < 1.29 is 9.90 Å². The van der Waals surface area contributed by atoms with E-state index in [1.54, 1.807) is 6.92 Å². The number of aliphatic hydroxyl groups is 1. The number of rotatable bonds is 2. The van der Waals surface area contributed by atoms with Crippen LogP contribution in [0.1, 0.15) is 20.8 Å². The highest BCUT2D eigenvalue weighted by atomic mass is 79.9. The van der Waals surface area contributed by atoms with Gasteiger partial charge in [0.25, 0.3) is 0 Å². The molecule has 0 amide bonds. The summed E-state index contributed by atoms with van der Waals surface area (Å²) in [6.45, 7) is 5.40. The van der Waals surface area contributed by atoms with Gasteiger partial charge in [-0.15, -0.1) is 0 Å². The third-order valence-corrected chi connectivity index (χ3v) is 3.96. The van der Waals surface area contributed by atoms with Crippen LogP contribution < -0.4 is 0 Å². The number of halogens is 2. The van der Waals surface area contributed by atoms with Crippen molar-refractivity contribution >= 4 is 48.7 Å². The van der Waals surface area contributed by atoms with Crippen molar-refractivity contribution in [2.24, 2.45) is 0 Å². The molecule has 1 aliphatic rings. The fourth-order valence-corrected chi connectivity index (χ4v) is 3.38. The minimum absolute atomic E-state index is 0.0639. The van der Waals surface area contributed by atoms with Gasteiger partial charge in [0, 0.05) is 5.57 Å². The fourth-order valence-electron chi connectivity index (χ4n) is 1.53. The van der Waals surface area contributed by atoms with Crippen LogP contribution in [0.3, 0.4) is 0 Å². The Balaban J connectivity index is 3.08. The highest BCUT2D eigenvalue weighted by Crippen LogP contribution is 2.43. The average Bonchev–Trinajstić information content (AvgIpc) is 2.28. The van der Waals surface area contributed by atoms with E-state index in [-0.39, 0.29) is 10.9 Å². The molecule has 0 radical (unpaired) electrons. The van der Waals surface area contributed by atoms with Crippen molar-refractivity contribution in [2.45, 2.75) is 25.5 Å². The Labute approximate surface area is 116 Å². The van der Waals surface area contributed by atoms with Gasteiger partial charge in [0.05, 0.1) is 8.14 Å². The Hall–Kier alpha value is -0.000000000000000167. The molecule has 0 aromatic rings. The average molecular weight is 368 g/mol. The Kier molecular flexibility index (Phi) is 4.49. The molecule has 0 aliphatic carbocycles. The maximum absolute atomic E-state index is 11.5. The maximum atomic E-state index is 11.5. The van der Waals surface area contributed by atoms with Crippen LogP contribution >= 0.6 is 43.6 Å². The Morgan fingerprint density at radius 1 is 1.50 bits per heavy atom. The minimum atomic E-state index is -0.642. The lowest BCUT2D eigenvalue weighted by Crippen LogP contribution is -2.17. The zero-order valence-corrected chi connectivity index (χ0v) is 13.2. The van der Waals surface area contributed by atoms with Crippen molar-refractivity contribution in [3.05, 3.63) is 32.4 Å². The first kappa shape index (κ1) is 14.1. The molecule has 2 nitrogen and oxygen atoms in total. The van der Waals surface area contributed by atoms with Crippen molar-refractivity contribution in [2.75, 3.05) is 0 Å². The van der Waals surface area contributed by atoms with Gasteiger partial charge in [-0.2, -0.15) is 0 Å². The summed E-state index contributed by atoms with van der Waals surface area (Å²) in [6, 6.07) is 0. The summed E-state index contributed by atoms with van der Waals surface area (Å²) in [5, 5.41) is 9.86. The number of carbonyl (C=O) groups is 1. The number of carbonyl (C=O) groups excluding carboxylic acids is 1. The molecule has 0 aromatic heterocycles. The minimum Gasteiger partial charge on any atom is -0.510 e. The lowest BCUT2D eigenvalue weighted by molar-refractivity contribution is -0.107. The van der Waals surface area contributed by atoms with Crippen LogP contribution in [-0.4, -0.2) is 15.0 Å². The summed E-state index contributed by atoms with van der Waals surface area (Å²) >= 11 is 7.68. The topological polar surface area (TPSA) is 37.3 Å². The van der Waals surface area contributed by atoms with E-state index in [2.05, 4.69) is 31.9 Å². The summed E-state index contributed by atoms with van der Waals surface area (Å²) in [7, 11) is 0. The molecule has 0 saturated heterocycles. The lowest BCUT2D eigenvalue weighted by Gasteiger charge is -2.18. The summed E-state index contributed by atoms with van der Waals surface area (Å²) < 4.78 is 0.184. The van der Waals surface area contributed by atoms with E-state index in [9.17, 15) is 9.90 Å². The Morgan fingerprint density at radius 3 is 2.44 bits per heavy atom. The van der Waals surface area contributed by atoms with Gasteiger partial charge < -0.3 is 5.11 Å². The van der Waals surface area contributed by atoms with Crippen molar-refractivity contribution in [3.8, 4) is 0 Å². The zero-order chi connectivity index (χ0) is 12.5. The molecule has 0 fully saturated rings. The first-order valence-corrected chi connectivity index (χ1v) is 7.02. The van der Waals surface area contributed by atoms with E-state index in [0.717, 1.165) is 20.7 Å². The molecular formula is C11H12Br2O2S. The van der Waals surface area contributed by atoms with Gasteiger partial charge in [0.1, 0.15) is 5.76 Å². The van der Waals surface area contributed by atoms with Gasteiger partial charge in [0.15, 0.2) is 0 Å². The predicted molar refractivity (Wildman–Crippen MR) is 76.0 cm³/mol. The first-order valence-electron chi connectivity index (χ1n) is 4.62. The number of aliphatic hydroxyl groups excluding tert-OH is 1. The molecule has 1 atom stereocenters. The van der Waals surface area contributed by atoms with Crippen LogP contribution in [-0.2, 0) is 4.79 Å². The highest BCUT2D eigenvalue weighted by molar-refractivity contribution is 9.28. The first-order chi connectivity index (χ1) is 7.26. The largest absolute Gasteiger partial charge is 0.510 e. The summed E-state index contributed by atoms with van der Waals surface area (Å²) in [5.74, 6) is 0.154. The number of hydrogen-bond acceptors (Lipinski definition) is 3. The van der Waals surface area contributed by atoms with Gasteiger partial charge in [0.2, 0.25) is 5.12 Å². The SMILES string of the molecule is CC1=C(O)[C@@](C)(/C=C(\C)C=C(Br)Br)SC1=O. The second-order valence-corrected chi connectivity index (χ2v) is 7.99. The molecule has 1 aliphatic heterocycles. The molecule has 0 spiro atoms.